The van der Waals surface area contributed by atoms with E-state index in [1.165, 1.54) is 51.6 Å². The molecule has 0 bridgehead atoms. The Balaban J connectivity index is 1.33. The third-order valence-electron chi connectivity index (χ3n) is 7.17. The number of hydrogen-bond donors (Lipinski definition) is 1. The largest absolute Gasteiger partial charge is 0.349 e. The Labute approximate surface area is 185 Å². The SMILES string of the molecule is O=C1CCN(C(=O)c2ccc(C(=O)N[C@@H]3CCCC[C@H]3CN3CCCCC3)cc2)CC1. The van der Waals surface area contributed by atoms with Crippen LogP contribution in [0.1, 0.15) is 78.5 Å². The van der Waals surface area contributed by atoms with Crippen LogP contribution < -0.4 is 5.32 Å². The first kappa shape index (κ1) is 22.0. The van der Waals surface area contributed by atoms with E-state index in [1.54, 1.807) is 29.2 Å². The molecule has 1 aromatic rings. The van der Waals surface area contributed by atoms with Crippen LogP contribution in [0.25, 0.3) is 0 Å². The lowest BCUT2D eigenvalue weighted by Crippen LogP contribution is -2.47. The van der Waals surface area contributed by atoms with Crippen LogP contribution in [-0.4, -0.2) is 66.2 Å². The zero-order chi connectivity index (χ0) is 21.6. The van der Waals surface area contributed by atoms with E-state index in [0.717, 1.165) is 13.0 Å². The second-order valence-corrected chi connectivity index (χ2v) is 9.39. The van der Waals surface area contributed by atoms with Crippen LogP contribution in [0.4, 0.5) is 0 Å². The lowest BCUT2D eigenvalue weighted by atomic mass is 9.83. The summed E-state index contributed by atoms with van der Waals surface area (Å²) in [7, 11) is 0. The van der Waals surface area contributed by atoms with Crippen molar-refractivity contribution in [2.45, 2.75) is 63.8 Å². The fourth-order valence-corrected chi connectivity index (χ4v) is 5.25. The van der Waals surface area contributed by atoms with Crippen LogP contribution in [0.2, 0.25) is 0 Å². The fourth-order valence-electron chi connectivity index (χ4n) is 5.25. The molecule has 6 nitrogen and oxygen atoms in total. The van der Waals surface area contributed by atoms with Crippen molar-refractivity contribution in [1.29, 1.82) is 0 Å². The molecule has 1 aromatic carbocycles. The van der Waals surface area contributed by atoms with Gasteiger partial charge in [-0.1, -0.05) is 19.3 Å². The Morgan fingerprint density at radius 1 is 0.839 bits per heavy atom. The molecule has 6 heteroatoms. The van der Waals surface area contributed by atoms with Gasteiger partial charge < -0.3 is 15.1 Å². The molecular weight excluding hydrogens is 390 g/mol. The van der Waals surface area contributed by atoms with Gasteiger partial charge in [0.05, 0.1) is 0 Å². The van der Waals surface area contributed by atoms with Crippen LogP contribution in [0.5, 0.6) is 0 Å². The summed E-state index contributed by atoms with van der Waals surface area (Å²) in [6.07, 6.45) is 9.47. The van der Waals surface area contributed by atoms with Crippen molar-refractivity contribution in [2.24, 2.45) is 5.92 Å². The minimum absolute atomic E-state index is 0.0434. The smallest absolute Gasteiger partial charge is 0.253 e. The third kappa shape index (κ3) is 5.73. The Morgan fingerprint density at radius 3 is 2.19 bits per heavy atom. The van der Waals surface area contributed by atoms with Crippen molar-refractivity contribution in [2.75, 3.05) is 32.7 Å². The maximum Gasteiger partial charge on any atom is 0.253 e. The molecular formula is C25H35N3O3. The summed E-state index contributed by atoms with van der Waals surface area (Å²) in [6, 6.07) is 7.20. The molecule has 2 aliphatic heterocycles. The number of nitrogens with one attached hydrogen (secondary N) is 1. The normalized spacial score (nSPS) is 25.3. The van der Waals surface area contributed by atoms with Gasteiger partial charge in [0.2, 0.25) is 0 Å². The molecule has 2 atom stereocenters. The van der Waals surface area contributed by atoms with Crippen molar-refractivity contribution >= 4 is 17.6 Å². The molecule has 2 saturated heterocycles. The molecule has 4 rings (SSSR count). The van der Waals surface area contributed by atoms with Crippen LogP contribution in [-0.2, 0) is 4.79 Å². The fraction of sp³-hybridized carbons (Fsp3) is 0.640. The molecule has 1 saturated carbocycles. The first-order valence-electron chi connectivity index (χ1n) is 12.0. The van der Waals surface area contributed by atoms with Crippen molar-refractivity contribution in [3.8, 4) is 0 Å². The van der Waals surface area contributed by atoms with Crippen LogP contribution in [0, 0.1) is 5.92 Å². The number of benzene rings is 1. The molecule has 2 heterocycles. The summed E-state index contributed by atoms with van der Waals surface area (Å²) >= 11 is 0. The molecule has 3 fully saturated rings. The highest BCUT2D eigenvalue weighted by Gasteiger charge is 2.29. The minimum atomic E-state index is -0.0617. The predicted molar refractivity (Wildman–Crippen MR) is 120 cm³/mol. The average molecular weight is 426 g/mol. The Morgan fingerprint density at radius 2 is 1.48 bits per heavy atom. The number of rotatable bonds is 5. The van der Waals surface area contributed by atoms with Crippen LogP contribution >= 0.6 is 0 Å². The molecule has 0 unspecified atom stereocenters. The monoisotopic (exact) mass is 425 g/mol. The highest BCUT2D eigenvalue weighted by Crippen LogP contribution is 2.27. The lowest BCUT2D eigenvalue weighted by molar-refractivity contribution is -0.120. The maximum atomic E-state index is 12.9. The van der Waals surface area contributed by atoms with E-state index in [2.05, 4.69) is 10.2 Å². The average Bonchev–Trinajstić information content (AvgIpc) is 2.81. The number of carbonyl (C=O) groups excluding carboxylic acids is 3. The topological polar surface area (TPSA) is 69.7 Å². The summed E-state index contributed by atoms with van der Waals surface area (Å²) in [4.78, 5) is 41.3. The van der Waals surface area contributed by atoms with Gasteiger partial charge in [-0.2, -0.15) is 0 Å². The molecule has 168 valence electrons. The first-order chi connectivity index (χ1) is 15.1. The van der Waals surface area contributed by atoms with Crippen molar-refractivity contribution in [1.82, 2.24) is 15.1 Å². The quantitative estimate of drug-likeness (QED) is 0.786. The van der Waals surface area contributed by atoms with E-state index in [4.69, 9.17) is 0 Å². The highest BCUT2D eigenvalue weighted by molar-refractivity contribution is 5.98. The molecule has 31 heavy (non-hydrogen) atoms. The second kappa shape index (κ2) is 10.4. The van der Waals surface area contributed by atoms with E-state index in [0.29, 0.717) is 43.0 Å². The van der Waals surface area contributed by atoms with Gasteiger partial charge in [-0.25, -0.2) is 0 Å². The zero-order valence-corrected chi connectivity index (χ0v) is 18.5. The van der Waals surface area contributed by atoms with E-state index in [-0.39, 0.29) is 23.6 Å². The minimum Gasteiger partial charge on any atom is -0.349 e. The molecule has 3 aliphatic rings. The summed E-state index contributed by atoms with van der Waals surface area (Å²) in [5.41, 5.74) is 1.18. The van der Waals surface area contributed by atoms with E-state index < -0.39 is 0 Å². The van der Waals surface area contributed by atoms with E-state index >= 15 is 0 Å². The Kier molecular flexibility index (Phi) is 7.38. The zero-order valence-electron chi connectivity index (χ0n) is 18.5. The molecule has 0 aromatic heterocycles. The number of likely N-dealkylation sites (tertiary alicyclic amines) is 2. The number of amides is 2. The number of nitrogens with zero attached hydrogens (tertiary/aromatic N) is 2. The standard InChI is InChI=1S/C25H35N3O3/c29-22-12-16-28(17-13-22)25(31)20-10-8-19(9-11-20)24(30)26-23-7-3-2-6-21(23)18-27-14-4-1-5-15-27/h8-11,21,23H,1-7,12-18H2,(H,26,30)/t21-,23+/m0/s1. The Hall–Kier alpha value is -2.21. The van der Waals surface area contributed by atoms with Gasteiger partial charge >= 0.3 is 0 Å². The first-order valence-corrected chi connectivity index (χ1v) is 12.0. The van der Waals surface area contributed by atoms with Gasteiger partial charge in [0, 0.05) is 49.6 Å². The third-order valence-corrected chi connectivity index (χ3v) is 7.17. The highest BCUT2D eigenvalue weighted by atomic mass is 16.2. The Bertz CT molecular complexity index is 776. The number of piperidine rings is 2. The molecule has 1 aliphatic carbocycles. The molecule has 2 amide bonds. The summed E-state index contributed by atoms with van der Waals surface area (Å²) in [5, 5.41) is 3.29. The van der Waals surface area contributed by atoms with Crippen LogP contribution in [0.15, 0.2) is 24.3 Å². The van der Waals surface area contributed by atoms with E-state index in [9.17, 15) is 14.4 Å². The van der Waals surface area contributed by atoms with Gasteiger partial charge in [-0.15, -0.1) is 0 Å². The van der Waals surface area contributed by atoms with Gasteiger partial charge in [-0.3, -0.25) is 14.4 Å². The van der Waals surface area contributed by atoms with Crippen molar-refractivity contribution in [3.63, 3.8) is 0 Å². The summed E-state index contributed by atoms with van der Waals surface area (Å²) in [6.45, 7) is 4.45. The summed E-state index contributed by atoms with van der Waals surface area (Å²) < 4.78 is 0. The van der Waals surface area contributed by atoms with Crippen LogP contribution in [0.3, 0.4) is 0 Å². The van der Waals surface area contributed by atoms with Gasteiger partial charge in [0.15, 0.2) is 0 Å². The van der Waals surface area contributed by atoms with Gasteiger partial charge in [0.25, 0.3) is 11.8 Å². The predicted octanol–water partition coefficient (Wildman–Crippen LogP) is 3.27. The number of carbonyl (C=O) groups is 3. The lowest BCUT2D eigenvalue weighted by Gasteiger charge is -2.37. The second-order valence-electron chi connectivity index (χ2n) is 9.39. The van der Waals surface area contributed by atoms with Crippen molar-refractivity contribution in [3.05, 3.63) is 35.4 Å². The summed E-state index contributed by atoms with van der Waals surface area (Å²) in [5.74, 6) is 0.641. The molecule has 0 radical (unpaired) electrons. The maximum absolute atomic E-state index is 12.9. The number of hydrogen-bond acceptors (Lipinski definition) is 4. The van der Waals surface area contributed by atoms with E-state index in [1.807, 2.05) is 0 Å². The number of Topliss-reactive ketones (excluding diaryl/α,β-unsaturated/α-hetero) is 1. The number of ketones is 1. The molecule has 1 N–H and O–H groups in total. The van der Waals surface area contributed by atoms with Gasteiger partial charge in [0.1, 0.15) is 5.78 Å². The molecule has 0 spiro atoms. The van der Waals surface area contributed by atoms with Gasteiger partial charge in [-0.05, 0) is 69.0 Å². The van der Waals surface area contributed by atoms with Crippen molar-refractivity contribution < 1.29 is 14.4 Å².